The van der Waals surface area contributed by atoms with Crippen LogP contribution < -0.4 is 0 Å². The third-order valence-corrected chi connectivity index (χ3v) is 1.56. The smallest absolute Gasteiger partial charge is 0.108 e. The van der Waals surface area contributed by atoms with Crippen molar-refractivity contribution in [3.8, 4) is 0 Å². The molecule has 0 aliphatic heterocycles. The van der Waals surface area contributed by atoms with E-state index in [4.69, 9.17) is 4.74 Å². The molecule has 0 atom stereocenters. The third kappa shape index (κ3) is 3.53. The van der Waals surface area contributed by atoms with E-state index in [-0.39, 0.29) is 0 Å². The highest BCUT2D eigenvalue weighted by atomic mass is 16.5. The molecule has 1 radical (unpaired) electrons. The molecule has 0 N–H and O–H groups in total. The molecular weight excluding hydrogens is 152 g/mol. The first kappa shape index (κ1) is 9.26. The van der Waals surface area contributed by atoms with E-state index in [1.807, 2.05) is 10.8 Å². The summed E-state index contributed by atoms with van der Waals surface area (Å²) in [5, 5.41) is 0. The van der Waals surface area contributed by atoms with Crippen LogP contribution in [-0.2, 0) is 11.3 Å². The summed E-state index contributed by atoms with van der Waals surface area (Å²) < 4.78 is 7.35. The van der Waals surface area contributed by atoms with Crippen molar-refractivity contribution < 1.29 is 4.74 Å². The highest BCUT2D eigenvalue weighted by Gasteiger charge is 1.90. The van der Waals surface area contributed by atoms with Crippen molar-refractivity contribution >= 4 is 0 Å². The molecule has 0 saturated heterocycles. The Balaban J connectivity index is 1.96. The maximum absolute atomic E-state index is 5.34. The molecule has 3 nitrogen and oxygen atoms in total. The molecule has 0 unspecified atom stereocenters. The number of aromatic nitrogens is 2. The summed E-state index contributed by atoms with van der Waals surface area (Å²) in [6.45, 7) is 4.80. The predicted molar refractivity (Wildman–Crippen MR) is 46.8 cm³/mol. The Morgan fingerprint density at radius 2 is 2.42 bits per heavy atom. The fraction of sp³-hybridized carbons (Fsp3) is 0.667. The van der Waals surface area contributed by atoms with E-state index >= 15 is 0 Å². The van der Waals surface area contributed by atoms with Gasteiger partial charge in [0.15, 0.2) is 0 Å². The van der Waals surface area contributed by atoms with Gasteiger partial charge in [-0.3, -0.25) is 0 Å². The SMILES string of the molecule is CCCOCCCn1c[c]nc1. The quantitative estimate of drug-likeness (QED) is 0.600. The fourth-order valence-electron chi connectivity index (χ4n) is 0.966. The second-order valence-corrected chi connectivity index (χ2v) is 2.71. The van der Waals surface area contributed by atoms with Gasteiger partial charge in [-0.05, 0) is 12.8 Å². The number of imidazole rings is 1. The van der Waals surface area contributed by atoms with Crippen LogP contribution in [0.3, 0.4) is 0 Å². The summed E-state index contributed by atoms with van der Waals surface area (Å²) in [7, 11) is 0. The first-order chi connectivity index (χ1) is 5.93. The van der Waals surface area contributed by atoms with E-state index in [9.17, 15) is 0 Å². The van der Waals surface area contributed by atoms with Crippen LogP contribution >= 0.6 is 0 Å². The van der Waals surface area contributed by atoms with Gasteiger partial charge < -0.3 is 9.30 Å². The highest BCUT2D eigenvalue weighted by molar-refractivity contribution is 4.71. The van der Waals surface area contributed by atoms with Crippen LogP contribution in [0.25, 0.3) is 0 Å². The van der Waals surface area contributed by atoms with E-state index in [0.717, 1.165) is 32.6 Å². The zero-order chi connectivity index (χ0) is 8.65. The minimum atomic E-state index is 0.839. The second-order valence-electron chi connectivity index (χ2n) is 2.71. The molecule has 0 spiro atoms. The summed E-state index contributed by atoms with van der Waals surface area (Å²) in [5.41, 5.74) is 0. The standard InChI is InChI=1S/C9H15N2O/c1-2-7-12-8-3-5-11-6-4-10-9-11/h6,9H,2-3,5,7-8H2,1H3. The summed E-state index contributed by atoms with van der Waals surface area (Å²) in [6, 6.07) is 0. The van der Waals surface area contributed by atoms with Crippen molar-refractivity contribution in [3.63, 3.8) is 0 Å². The van der Waals surface area contributed by atoms with Crippen LogP contribution in [0.15, 0.2) is 12.5 Å². The Hall–Kier alpha value is -0.830. The molecule has 0 fully saturated rings. The first-order valence-electron chi connectivity index (χ1n) is 4.39. The first-order valence-corrected chi connectivity index (χ1v) is 4.39. The molecule has 1 aromatic heterocycles. The maximum atomic E-state index is 5.34. The van der Waals surface area contributed by atoms with Crippen LogP contribution in [-0.4, -0.2) is 22.8 Å². The number of rotatable bonds is 6. The van der Waals surface area contributed by atoms with Gasteiger partial charge in [-0.2, -0.15) is 0 Å². The van der Waals surface area contributed by atoms with Gasteiger partial charge in [0.2, 0.25) is 0 Å². The van der Waals surface area contributed by atoms with E-state index in [1.54, 1.807) is 6.33 Å². The van der Waals surface area contributed by atoms with Crippen molar-refractivity contribution in [2.45, 2.75) is 26.3 Å². The molecule has 0 bridgehead atoms. The lowest BCUT2D eigenvalue weighted by Gasteiger charge is -2.02. The summed E-state index contributed by atoms with van der Waals surface area (Å²) >= 11 is 0. The topological polar surface area (TPSA) is 27.1 Å². The van der Waals surface area contributed by atoms with Gasteiger partial charge in [0.25, 0.3) is 0 Å². The van der Waals surface area contributed by atoms with Gasteiger partial charge in [0.05, 0.1) is 6.33 Å². The molecule has 0 aromatic carbocycles. The molecule has 67 valence electrons. The van der Waals surface area contributed by atoms with E-state index < -0.39 is 0 Å². The van der Waals surface area contributed by atoms with Crippen molar-refractivity contribution in [3.05, 3.63) is 18.7 Å². The Bertz CT molecular complexity index is 184. The molecule has 0 aliphatic carbocycles. The molecule has 1 rings (SSSR count). The Labute approximate surface area is 73.4 Å². The molecule has 3 heteroatoms. The number of nitrogens with zero attached hydrogens (tertiary/aromatic N) is 2. The lowest BCUT2D eigenvalue weighted by atomic mass is 10.4. The summed E-state index contributed by atoms with van der Waals surface area (Å²) in [5.74, 6) is 0. The third-order valence-electron chi connectivity index (χ3n) is 1.56. The molecule has 12 heavy (non-hydrogen) atoms. The Morgan fingerprint density at radius 3 is 3.08 bits per heavy atom. The number of aryl methyl sites for hydroxylation is 1. The summed E-state index contributed by atoms with van der Waals surface area (Å²) in [6.07, 6.45) is 8.52. The predicted octanol–water partition coefficient (Wildman–Crippen LogP) is 1.50. The van der Waals surface area contributed by atoms with Crippen LogP contribution in [0.4, 0.5) is 0 Å². The molecule has 0 aliphatic rings. The minimum Gasteiger partial charge on any atom is -0.381 e. The van der Waals surface area contributed by atoms with Crippen molar-refractivity contribution in [1.29, 1.82) is 0 Å². The van der Waals surface area contributed by atoms with Crippen LogP contribution in [0.2, 0.25) is 0 Å². The van der Waals surface area contributed by atoms with Gasteiger partial charge in [0.1, 0.15) is 6.20 Å². The molecule has 1 heterocycles. The average molecular weight is 167 g/mol. The largest absolute Gasteiger partial charge is 0.381 e. The minimum absolute atomic E-state index is 0.839. The van der Waals surface area contributed by atoms with E-state index in [0.29, 0.717) is 0 Å². The second kappa shape index (κ2) is 5.77. The number of hydrogen-bond donors (Lipinski definition) is 0. The average Bonchev–Trinajstić information content (AvgIpc) is 2.57. The van der Waals surface area contributed by atoms with Crippen LogP contribution in [0.5, 0.6) is 0 Å². The fourth-order valence-corrected chi connectivity index (χ4v) is 0.966. The lowest BCUT2D eigenvalue weighted by molar-refractivity contribution is 0.129. The Morgan fingerprint density at radius 1 is 1.50 bits per heavy atom. The van der Waals surface area contributed by atoms with Gasteiger partial charge in [-0.1, -0.05) is 6.92 Å². The zero-order valence-electron chi connectivity index (χ0n) is 7.49. The number of ether oxygens (including phenoxy) is 1. The van der Waals surface area contributed by atoms with Crippen LogP contribution in [0.1, 0.15) is 19.8 Å². The zero-order valence-corrected chi connectivity index (χ0v) is 7.49. The lowest BCUT2D eigenvalue weighted by Crippen LogP contribution is -2.01. The van der Waals surface area contributed by atoms with Gasteiger partial charge >= 0.3 is 0 Å². The molecule has 0 amide bonds. The van der Waals surface area contributed by atoms with E-state index in [2.05, 4.69) is 18.1 Å². The summed E-state index contributed by atoms with van der Waals surface area (Å²) in [4.78, 5) is 3.83. The maximum Gasteiger partial charge on any atom is 0.108 e. The van der Waals surface area contributed by atoms with E-state index in [1.165, 1.54) is 0 Å². The van der Waals surface area contributed by atoms with Crippen molar-refractivity contribution in [2.75, 3.05) is 13.2 Å². The molecule has 1 aromatic rings. The van der Waals surface area contributed by atoms with Gasteiger partial charge in [-0.25, -0.2) is 4.98 Å². The Kier molecular flexibility index (Phi) is 4.46. The monoisotopic (exact) mass is 167 g/mol. The molecule has 0 saturated carbocycles. The number of hydrogen-bond acceptors (Lipinski definition) is 2. The van der Waals surface area contributed by atoms with Gasteiger partial charge in [-0.15, -0.1) is 0 Å². The molecular formula is C9H15N2O. The van der Waals surface area contributed by atoms with Gasteiger partial charge in [0, 0.05) is 26.0 Å². The van der Waals surface area contributed by atoms with Crippen LogP contribution in [0, 0.1) is 6.20 Å². The normalized spacial score (nSPS) is 10.4. The van der Waals surface area contributed by atoms with Crippen molar-refractivity contribution in [1.82, 2.24) is 9.55 Å². The van der Waals surface area contributed by atoms with Crippen molar-refractivity contribution in [2.24, 2.45) is 0 Å². The highest BCUT2D eigenvalue weighted by Crippen LogP contribution is 1.91.